The highest BCUT2D eigenvalue weighted by Gasteiger charge is 2.28. The van der Waals surface area contributed by atoms with E-state index in [-0.39, 0.29) is 12.2 Å². The molecule has 4 atom stereocenters. The van der Waals surface area contributed by atoms with Crippen LogP contribution in [-0.4, -0.2) is 76.3 Å². The lowest BCUT2D eigenvalue weighted by molar-refractivity contribution is -0.141. The van der Waals surface area contributed by atoms with Crippen molar-refractivity contribution in [2.24, 2.45) is 11.5 Å². The number of aliphatic hydroxyl groups excluding tert-OH is 1. The number of carboxylic acid groups (broad SMARTS) is 1. The normalized spacial score (nSPS) is 14.4. The number of nitrogens with one attached hydrogen (secondary N) is 3. The predicted molar refractivity (Wildman–Crippen MR) is 119 cm³/mol. The fourth-order valence-corrected chi connectivity index (χ4v) is 2.90. The summed E-state index contributed by atoms with van der Waals surface area (Å²) in [7, 11) is 0. The van der Waals surface area contributed by atoms with Crippen LogP contribution >= 0.6 is 0 Å². The number of carboxylic acids is 1. The van der Waals surface area contributed by atoms with Gasteiger partial charge in [-0.1, -0.05) is 18.6 Å². The van der Waals surface area contributed by atoms with Crippen LogP contribution in [0, 0.1) is 0 Å². The molecule has 1 aromatic rings. The Balaban J connectivity index is 2.61. The molecule has 3 amide bonds. The Labute approximate surface area is 191 Å². The number of carbonyl (C=O) groups excluding carboxylic acids is 3. The summed E-state index contributed by atoms with van der Waals surface area (Å²) in [6.07, 6.45) is 0.377. The van der Waals surface area contributed by atoms with Gasteiger partial charge in [-0.05, 0) is 44.0 Å². The third-order valence-corrected chi connectivity index (χ3v) is 4.80. The molecule has 0 spiro atoms. The maximum atomic E-state index is 12.4. The van der Waals surface area contributed by atoms with Crippen LogP contribution in [0.1, 0.15) is 31.7 Å². The summed E-state index contributed by atoms with van der Waals surface area (Å²) in [5.74, 6) is -3.48. The summed E-state index contributed by atoms with van der Waals surface area (Å²) in [6, 6.07) is 2.34. The van der Waals surface area contributed by atoms with Gasteiger partial charge in [0.25, 0.3) is 0 Å². The van der Waals surface area contributed by atoms with E-state index >= 15 is 0 Å². The Bertz CT molecular complexity index is 801. The molecule has 0 heterocycles. The minimum absolute atomic E-state index is 0.0219. The number of phenolic OH excluding ortho intramolecular Hbond substituents is 1. The number of aromatic hydroxyl groups is 1. The smallest absolute Gasteiger partial charge is 0.326 e. The maximum Gasteiger partial charge on any atom is 0.326 e. The topological polar surface area (TPSA) is 217 Å². The molecule has 0 aliphatic carbocycles. The molecule has 10 N–H and O–H groups in total. The number of aliphatic hydroxyl groups is 1. The summed E-state index contributed by atoms with van der Waals surface area (Å²) in [6.45, 7) is 1.19. The van der Waals surface area contributed by atoms with E-state index in [1.54, 1.807) is 0 Å². The molecule has 0 saturated carbocycles. The van der Waals surface area contributed by atoms with Gasteiger partial charge in [0.1, 0.15) is 17.8 Å². The van der Waals surface area contributed by atoms with Crippen molar-refractivity contribution in [1.82, 2.24) is 16.0 Å². The van der Waals surface area contributed by atoms with Crippen molar-refractivity contribution in [3.05, 3.63) is 29.8 Å². The molecule has 0 aliphatic rings. The van der Waals surface area contributed by atoms with Crippen molar-refractivity contribution < 1.29 is 34.5 Å². The highest BCUT2D eigenvalue weighted by atomic mass is 16.4. The van der Waals surface area contributed by atoms with Crippen LogP contribution in [-0.2, 0) is 25.6 Å². The largest absolute Gasteiger partial charge is 0.508 e. The van der Waals surface area contributed by atoms with Crippen LogP contribution in [0.4, 0.5) is 0 Å². The fraction of sp³-hybridized carbons (Fsp3) is 0.524. The van der Waals surface area contributed by atoms with Crippen LogP contribution in [0.15, 0.2) is 24.3 Å². The van der Waals surface area contributed by atoms with Crippen LogP contribution in [0.2, 0.25) is 0 Å². The molecular weight excluding hydrogens is 434 g/mol. The number of nitrogens with two attached hydrogens (primary N) is 2. The average Bonchev–Trinajstić information content (AvgIpc) is 2.76. The molecule has 12 heteroatoms. The van der Waals surface area contributed by atoms with Crippen molar-refractivity contribution in [3.8, 4) is 5.75 Å². The highest BCUT2D eigenvalue weighted by molar-refractivity contribution is 5.92. The van der Waals surface area contributed by atoms with E-state index in [4.69, 9.17) is 11.5 Å². The number of unbranched alkanes of at least 4 members (excludes halogenated alkanes) is 1. The zero-order valence-corrected chi connectivity index (χ0v) is 18.5. The lowest BCUT2D eigenvalue weighted by Gasteiger charge is -2.23. The van der Waals surface area contributed by atoms with Crippen LogP contribution in [0.3, 0.4) is 0 Å². The van der Waals surface area contributed by atoms with E-state index in [0.717, 1.165) is 0 Å². The van der Waals surface area contributed by atoms with Gasteiger partial charge in [-0.15, -0.1) is 0 Å². The van der Waals surface area contributed by atoms with Crippen molar-refractivity contribution >= 4 is 23.7 Å². The van der Waals surface area contributed by atoms with Gasteiger partial charge in [0.05, 0.1) is 18.7 Å². The Morgan fingerprint density at radius 1 is 1.03 bits per heavy atom. The second kappa shape index (κ2) is 14.0. The van der Waals surface area contributed by atoms with Crippen molar-refractivity contribution in [2.75, 3.05) is 13.1 Å². The molecule has 12 nitrogen and oxygen atoms in total. The molecule has 0 bridgehead atoms. The number of rotatable bonds is 14. The molecular formula is C21H33N5O7. The van der Waals surface area contributed by atoms with E-state index < -0.39 is 54.5 Å². The van der Waals surface area contributed by atoms with E-state index in [0.29, 0.717) is 31.4 Å². The number of hydrogen-bond donors (Lipinski definition) is 8. The zero-order chi connectivity index (χ0) is 25.0. The third-order valence-electron chi connectivity index (χ3n) is 4.80. The van der Waals surface area contributed by atoms with Gasteiger partial charge in [0.2, 0.25) is 17.7 Å². The molecule has 0 aliphatic heterocycles. The Morgan fingerprint density at radius 2 is 1.67 bits per heavy atom. The second-order valence-electron chi connectivity index (χ2n) is 7.66. The van der Waals surface area contributed by atoms with Crippen molar-refractivity contribution in [3.63, 3.8) is 0 Å². The number of phenols is 1. The number of aliphatic carboxylic acids is 1. The van der Waals surface area contributed by atoms with Gasteiger partial charge in [0, 0.05) is 6.42 Å². The Hall–Kier alpha value is -3.22. The predicted octanol–water partition coefficient (Wildman–Crippen LogP) is -2.06. The van der Waals surface area contributed by atoms with Gasteiger partial charge >= 0.3 is 5.97 Å². The second-order valence-corrected chi connectivity index (χ2v) is 7.66. The van der Waals surface area contributed by atoms with Gasteiger partial charge in [-0.2, -0.15) is 0 Å². The maximum absolute atomic E-state index is 12.4. The molecule has 0 aromatic heterocycles. The lowest BCUT2D eigenvalue weighted by atomic mass is 10.1. The standard InChI is InChI=1S/C21H33N5O7/c1-12(27)18(26-19(30)15(23)4-2-3-9-22)20(31)24-11-17(29)25-16(21(32)33)10-13-5-7-14(28)8-6-13/h5-8,12,15-16,18,27-28H,2-4,9-11,22-23H2,1H3,(H,24,31)(H,25,29)(H,26,30)(H,32,33). The van der Waals surface area contributed by atoms with Crippen LogP contribution < -0.4 is 27.4 Å². The Morgan fingerprint density at radius 3 is 2.21 bits per heavy atom. The first kappa shape index (κ1) is 27.8. The minimum atomic E-state index is -1.35. The number of benzene rings is 1. The van der Waals surface area contributed by atoms with Gasteiger partial charge < -0.3 is 42.7 Å². The highest BCUT2D eigenvalue weighted by Crippen LogP contribution is 2.11. The quantitative estimate of drug-likeness (QED) is 0.141. The van der Waals surface area contributed by atoms with Crippen molar-refractivity contribution in [2.45, 2.75) is 56.8 Å². The fourth-order valence-electron chi connectivity index (χ4n) is 2.90. The third kappa shape index (κ3) is 10.3. The minimum Gasteiger partial charge on any atom is -0.508 e. The lowest BCUT2D eigenvalue weighted by Crippen LogP contribution is -2.57. The number of hydrogen-bond acceptors (Lipinski definition) is 8. The first-order chi connectivity index (χ1) is 15.5. The van der Waals surface area contributed by atoms with Crippen LogP contribution in [0.25, 0.3) is 0 Å². The number of amides is 3. The van der Waals surface area contributed by atoms with Crippen LogP contribution in [0.5, 0.6) is 5.75 Å². The summed E-state index contributed by atoms with van der Waals surface area (Å²) in [4.78, 5) is 48.2. The van der Waals surface area contributed by atoms with E-state index in [9.17, 15) is 34.5 Å². The molecule has 0 fully saturated rings. The molecule has 0 saturated heterocycles. The SMILES string of the molecule is CC(O)C(NC(=O)C(N)CCCCN)C(=O)NCC(=O)NC(Cc1ccc(O)cc1)C(=O)O. The first-order valence-electron chi connectivity index (χ1n) is 10.6. The molecule has 33 heavy (non-hydrogen) atoms. The summed E-state index contributed by atoms with van der Waals surface area (Å²) >= 11 is 0. The first-order valence-corrected chi connectivity index (χ1v) is 10.6. The van der Waals surface area contributed by atoms with Crippen molar-refractivity contribution in [1.29, 1.82) is 0 Å². The molecule has 184 valence electrons. The van der Waals surface area contributed by atoms with E-state index in [1.165, 1.54) is 31.2 Å². The summed E-state index contributed by atoms with van der Waals surface area (Å²) in [5.41, 5.74) is 11.8. The summed E-state index contributed by atoms with van der Waals surface area (Å²) < 4.78 is 0. The molecule has 1 rings (SSSR count). The number of carbonyl (C=O) groups is 4. The summed E-state index contributed by atoms with van der Waals surface area (Å²) in [5, 5.41) is 35.4. The van der Waals surface area contributed by atoms with E-state index in [2.05, 4.69) is 16.0 Å². The van der Waals surface area contributed by atoms with Gasteiger partial charge in [-0.3, -0.25) is 14.4 Å². The molecule has 0 radical (unpaired) electrons. The molecule has 4 unspecified atom stereocenters. The Kier molecular flexibility index (Phi) is 11.8. The monoisotopic (exact) mass is 467 g/mol. The molecule has 1 aromatic carbocycles. The van der Waals surface area contributed by atoms with Gasteiger partial charge in [-0.25, -0.2) is 4.79 Å². The van der Waals surface area contributed by atoms with E-state index in [1.807, 2.05) is 0 Å². The zero-order valence-electron chi connectivity index (χ0n) is 18.5. The average molecular weight is 468 g/mol. The van der Waals surface area contributed by atoms with Gasteiger partial charge in [0.15, 0.2) is 0 Å².